The van der Waals surface area contributed by atoms with Gasteiger partial charge in [-0.3, -0.25) is 0 Å². The van der Waals surface area contributed by atoms with Gasteiger partial charge in [-0.1, -0.05) is 425 Å². The van der Waals surface area contributed by atoms with Crippen molar-refractivity contribution in [3.8, 4) is 0 Å². The van der Waals surface area contributed by atoms with E-state index in [-0.39, 0.29) is 109 Å². The van der Waals surface area contributed by atoms with Crippen molar-refractivity contribution in [2.75, 3.05) is 0 Å². The Morgan fingerprint density at radius 3 is 0.380 bits per heavy atom. The second kappa shape index (κ2) is 41.7. The average Bonchev–Trinajstić information content (AvgIpc) is 0.696. The van der Waals surface area contributed by atoms with Gasteiger partial charge >= 0.3 is 212 Å². The van der Waals surface area contributed by atoms with Crippen molar-refractivity contribution >= 4 is 221 Å². The first-order chi connectivity index (χ1) is 64.3. The van der Waals surface area contributed by atoms with Gasteiger partial charge in [0.05, 0.1) is 0 Å². The SMILES string of the molecule is C[Si](C)(C)O[Si]1(c2ccccc2)O[Si]2(c3ccccc3)O[Si](O[Si](C)(C)C)(c3ccccc3)O[Si]3(c4ccccc4)O[Si](O[Si](C)(C)C)(c4ccccc4)O[Si](c4ccccc4)(O1)O[Si](c1ccccc1)(O2)O3.O[Si]1(c2ccccc2)O[Si]2(c3ccccc3)O[Si](O)(c3ccccc3)O[Si]3(c4ccccc4)O[Si](O)(c4ccccc4)O[Si](c4ccccc4)(O1)O[Si](c1ccccc1)(O2)O3.[H-].[H-].[H-].[Na+].[Na+].[Na+]. The quantitative estimate of drug-likeness (QED) is 0.0781. The van der Waals surface area contributed by atoms with Crippen LogP contribution >= 0.6 is 0 Å². The maximum atomic E-state index is 13.6. The molecule has 0 atom stereocenters. The Kier molecular flexibility index (Phi) is 31.9. The largest absolute Gasteiger partial charge is 1.00 e. The Hall–Kier alpha value is -5.19. The number of fused-ring (bicyclic) bond motifs is 6. The number of rotatable bonds is 20. The molecule has 0 amide bonds. The number of hydrogen-bond donors (Lipinski definition) is 3. The van der Waals surface area contributed by atoms with Gasteiger partial charge in [0.15, 0.2) is 25.0 Å². The fourth-order valence-electron chi connectivity index (χ4n) is 16.5. The summed E-state index contributed by atoms with van der Waals surface area (Å²) < 4.78 is 165. The summed E-state index contributed by atoms with van der Waals surface area (Å²) in [5.74, 6) is 0. The van der Waals surface area contributed by atoms with Crippen LogP contribution in [0.2, 0.25) is 58.9 Å². The van der Waals surface area contributed by atoms with Gasteiger partial charge in [0.2, 0.25) is 0 Å². The summed E-state index contributed by atoms with van der Waals surface area (Å²) in [4.78, 5) is 40.7. The van der Waals surface area contributed by atoms with Crippen molar-refractivity contribution in [1.82, 2.24) is 0 Å². The molecule has 0 unspecified atom stereocenters. The summed E-state index contributed by atoms with van der Waals surface area (Å²) in [5.41, 5.74) is 0. The van der Waals surface area contributed by atoms with Crippen LogP contribution in [0.4, 0.5) is 0 Å². The van der Waals surface area contributed by atoms with Crippen LogP contribution < -0.4 is 161 Å². The van der Waals surface area contributed by atoms with Crippen LogP contribution in [0.3, 0.4) is 0 Å². The summed E-state index contributed by atoms with van der Waals surface area (Å²) in [5, 5.41) is 6.49. The maximum Gasteiger partial charge on any atom is 1.00 e. The third kappa shape index (κ3) is 21.6. The molecule has 24 nitrogen and oxygen atoms in total. The second-order valence-corrected chi connectivity index (χ2v) is 89.1. The van der Waals surface area contributed by atoms with E-state index in [0.29, 0.717) is 57.1 Å². The maximum absolute atomic E-state index is 13.6. The molecular weight excluding hydrogens is 2050 g/mol. The molecule has 690 valence electrons. The molecule has 6 fully saturated rings. The summed E-state index contributed by atoms with van der Waals surface area (Å²) in [7, 11) is -76.3. The summed E-state index contributed by atoms with van der Waals surface area (Å²) in [6, 6.07) is 130. The second-order valence-electron chi connectivity index (χ2n) is 35.5. The zero-order valence-corrected chi connectivity index (χ0v) is 101. The molecular formula is C93H103Na3O24Si17. The molecule has 137 heavy (non-hydrogen) atoms. The van der Waals surface area contributed by atoms with E-state index in [1.807, 2.05) is 249 Å². The van der Waals surface area contributed by atoms with E-state index in [2.05, 4.69) is 58.9 Å². The van der Waals surface area contributed by atoms with Gasteiger partial charge < -0.3 is 105 Å². The molecule has 0 saturated carbocycles. The molecule has 44 heteroatoms. The Balaban J connectivity index is 0.000000229. The summed E-state index contributed by atoms with van der Waals surface area (Å²) in [6.07, 6.45) is 0. The zero-order valence-electron chi connectivity index (χ0n) is 80.8. The molecule has 14 aromatic rings. The molecule has 20 rings (SSSR count). The molecule has 6 aliphatic rings. The van der Waals surface area contributed by atoms with Crippen molar-refractivity contribution < 1.29 is 194 Å². The van der Waals surface area contributed by atoms with E-state index in [1.54, 1.807) is 176 Å². The van der Waals surface area contributed by atoms with E-state index in [9.17, 15) is 14.4 Å². The Bertz CT molecular complexity index is 5780. The van der Waals surface area contributed by atoms with Crippen molar-refractivity contribution in [2.24, 2.45) is 0 Å². The molecule has 14 aromatic carbocycles. The third-order valence-electron chi connectivity index (χ3n) is 22.0. The molecule has 6 saturated heterocycles. The number of hydrogen-bond acceptors (Lipinski definition) is 24. The molecule has 6 aliphatic heterocycles. The minimum Gasteiger partial charge on any atom is -1.00 e. The van der Waals surface area contributed by atoms with Crippen LogP contribution in [0.5, 0.6) is 0 Å². The van der Waals surface area contributed by atoms with Crippen molar-refractivity contribution in [1.29, 1.82) is 0 Å². The topological polar surface area (TPSA) is 255 Å². The Labute approximate surface area is 888 Å². The van der Waals surface area contributed by atoms with E-state index in [0.717, 1.165) is 0 Å². The predicted molar refractivity (Wildman–Crippen MR) is 548 cm³/mol. The van der Waals surface area contributed by atoms with Gasteiger partial charge in [-0.25, -0.2) is 0 Å². The molecule has 6 heterocycles. The minimum absolute atomic E-state index is 0. The van der Waals surface area contributed by atoms with Gasteiger partial charge in [0.25, 0.3) is 0 Å². The monoisotopic (exact) mass is 2150 g/mol. The predicted octanol–water partition coefficient (Wildman–Crippen LogP) is -0.921. The van der Waals surface area contributed by atoms with E-state index >= 15 is 0 Å². The van der Waals surface area contributed by atoms with Crippen LogP contribution in [0.15, 0.2) is 425 Å². The van der Waals surface area contributed by atoms with Crippen molar-refractivity contribution in [2.45, 2.75) is 58.9 Å². The molecule has 0 spiro atoms. The summed E-state index contributed by atoms with van der Waals surface area (Å²) in [6.45, 7) is 19.1. The first kappa shape index (κ1) is 105. The van der Waals surface area contributed by atoms with Gasteiger partial charge in [-0.15, -0.1) is 0 Å². The van der Waals surface area contributed by atoms with Gasteiger partial charge in [-0.2, -0.15) is 0 Å². The molecule has 8 bridgehead atoms. The van der Waals surface area contributed by atoms with Gasteiger partial charge in [0.1, 0.15) is 0 Å². The zero-order chi connectivity index (χ0) is 92.9. The van der Waals surface area contributed by atoms with Crippen LogP contribution in [-0.2, 0) is 86.4 Å². The molecule has 0 radical (unpaired) electrons. The molecule has 0 aromatic heterocycles. The fraction of sp³-hybridized carbons (Fsp3) is 0.0968. The third-order valence-corrected chi connectivity index (χ3v) is 86.1. The van der Waals surface area contributed by atoms with Crippen LogP contribution in [0, 0.1) is 0 Å². The van der Waals surface area contributed by atoms with Crippen LogP contribution in [-0.4, -0.2) is 163 Å². The number of benzene rings is 14. The standard InChI is InChI=1S/C51H62O12Si10.C42H38O12Si7.3Na.3H/c1-64(2,3)52-67(45-31-17-10-18-32-45)55-70(48-37-23-13-24-38-48)57-68(53-65(4,5)6,46-33-19-11-20-34-46)59-72(50-41-27-15-28-42-50)60-69(54-66(7,8)9,47-35-21-12-22-36-47)58-71(56-67,49-39-25-14-26-40-49)62-73(61-70,63-72)51-43-29-16-30-44-51;43-55(36-22-8-1-9-23-36)46-58(39-28-14-4-15-29-39)48-56(44,37-24-10-2-11-25-37)50-60(41-32-18-6-19-33-41)51-57(45,38-26-12-3-13-27-38)49-59(47-55,40-30-16-5-17-31-40)53-61(52-58,54-60)42-34-20-7-21-35-42;;;;;;/h10-44H,1-9H3;1-35,43-45H;;;;;;/q;;3*+1;3*-1. The fourth-order valence-corrected chi connectivity index (χ4v) is 98.2. The minimum atomic E-state index is -5.04. The summed E-state index contributed by atoms with van der Waals surface area (Å²) >= 11 is 0. The molecule has 3 N–H and O–H groups in total. The first-order valence-electron chi connectivity index (χ1n) is 44.0. The van der Waals surface area contributed by atoms with E-state index in [1.165, 1.54) is 0 Å². The smallest absolute Gasteiger partial charge is 1.00 e. The van der Waals surface area contributed by atoms with Gasteiger partial charge in [0, 0.05) is 72.6 Å². The van der Waals surface area contributed by atoms with Crippen molar-refractivity contribution in [3.63, 3.8) is 0 Å². The Morgan fingerprint density at radius 1 is 0.153 bits per heavy atom. The van der Waals surface area contributed by atoms with Crippen molar-refractivity contribution in [3.05, 3.63) is 425 Å². The van der Waals surface area contributed by atoms with E-state index < -0.39 is 148 Å². The normalized spacial score (nSPS) is 30.3. The van der Waals surface area contributed by atoms with E-state index in [4.69, 9.17) is 86.4 Å². The first-order valence-corrected chi connectivity index (χ1v) is 78.5. The van der Waals surface area contributed by atoms with Crippen LogP contribution in [0.1, 0.15) is 4.28 Å². The average molecular weight is 2150 g/mol. The Morgan fingerprint density at radius 2 is 0.255 bits per heavy atom. The molecule has 0 aliphatic carbocycles. The van der Waals surface area contributed by atoms with Gasteiger partial charge in [-0.05, 0) is 58.9 Å². The van der Waals surface area contributed by atoms with Crippen LogP contribution in [0.25, 0.3) is 0 Å².